The molecule has 0 bridgehead atoms. The van der Waals surface area contributed by atoms with Crippen molar-refractivity contribution in [1.29, 1.82) is 0 Å². The zero-order valence-electron chi connectivity index (χ0n) is 7.65. The van der Waals surface area contributed by atoms with Gasteiger partial charge >= 0.3 is 5.97 Å². The number of carboxylic acids is 1. The highest BCUT2D eigenvalue weighted by molar-refractivity contribution is 7.13. The van der Waals surface area contributed by atoms with Crippen LogP contribution in [-0.4, -0.2) is 22.1 Å². The topological polar surface area (TPSA) is 62.2 Å². The van der Waals surface area contributed by atoms with E-state index in [4.69, 9.17) is 11.5 Å². The fourth-order valence-corrected chi connectivity index (χ4v) is 1.63. The highest BCUT2D eigenvalue weighted by Crippen LogP contribution is 2.16. The second-order valence-corrected chi connectivity index (χ2v) is 3.60. The number of aliphatic carboxylic acids is 1. The van der Waals surface area contributed by atoms with Crippen LogP contribution in [0.15, 0.2) is 5.38 Å². The van der Waals surface area contributed by atoms with Crippen LogP contribution >= 0.6 is 11.3 Å². The van der Waals surface area contributed by atoms with Gasteiger partial charge in [-0.1, -0.05) is 0 Å². The first-order valence-electron chi connectivity index (χ1n) is 3.98. The third kappa shape index (κ3) is 2.75. The molecule has 0 fully saturated rings. The lowest BCUT2D eigenvalue weighted by molar-refractivity contribution is -0.137. The molecule has 0 radical (unpaired) electrons. The Morgan fingerprint density at radius 3 is 3.07 bits per heavy atom. The highest BCUT2D eigenvalue weighted by atomic mass is 32.1. The van der Waals surface area contributed by atoms with Crippen molar-refractivity contribution in [3.8, 4) is 12.3 Å². The number of thiazole rings is 1. The van der Waals surface area contributed by atoms with Gasteiger partial charge in [-0.2, -0.15) is 0 Å². The molecular weight excluding hydrogens is 200 g/mol. The van der Waals surface area contributed by atoms with E-state index in [1.54, 1.807) is 0 Å². The molecule has 0 aliphatic rings. The first-order chi connectivity index (χ1) is 6.63. The predicted molar refractivity (Wildman–Crippen MR) is 55.3 cm³/mol. The van der Waals surface area contributed by atoms with Crippen LogP contribution in [0, 0.1) is 19.3 Å². The largest absolute Gasteiger partial charge is 0.480 e. The van der Waals surface area contributed by atoms with Crippen molar-refractivity contribution in [2.24, 2.45) is 0 Å². The molecule has 2 N–H and O–H groups in total. The molecule has 0 amide bonds. The summed E-state index contributed by atoms with van der Waals surface area (Å²) in [6, 6.07) is -0.759. The van der Waals surface area contributed by atoms with Gasteiger partial charge in [-0.25, -0.2) is 9.78 Å². The SMILES string of the molecule is C#CCC(Nc1nc(C)cs1)C(=O)O. The number of terminal acetylenes is 1. The summed E-state index contributed by atoms with van der Waals surface area (Å²) in [7, 11) is 0. The minimum atomic E-state index is -0.962. The average Bonchev–Trinajstić information content (AvgIpc) is 2.50. The molecule has 0 aliphatic carbocycles. The first-order valence-corrected chi connectivity index (χ1v) is 4.86. The van der Waals surface area contributed by atoms with Crippen molar-refractivity contribution in [2.75, 3.05) is 5.32 Å². The van der Waals surface area contributed by atoms with E-state index in [1.807, 2.05) is 12.3 Å². The summed E-state index contributed by atoms with van der Waals surface area (Å²) >= 11 is 1.37. The summed E-state index contributed by atoms with van der Waals surface area (Å²) in [4.78, 5) is 14.8. The van der Waals surface area contributed by atoms with Crippen LogP contribution in [0.1, 0.15) is 12.1 Å². The summed E-state index contributed by atoms with van der Waals surface area (Å²) in [5.41, 5.74) is 0.863. The van der Waals surface area contributed by atoms with E-state index in [1.165, 1.54) is 11.3 Å². The Morgan fingerprint density at radius 2 is 2.64 bits per heavy atom. The van der Waals surface area contributed by atoms with E-state index < -0.39 is 12.0 Å². The maximum atomic E-state index is 10.7. The van der Waals surface area contributed by atoms with Crippen LogP contribution in [0.2, 0.25) is 0 Å². The number of carboxylic acid groups (broad SMARTS) is 1. The lowest BCUT2D eigenvalue weighted by atomic mass is 10.2. The summed E-state index contributed by atoms with van der Waals surface area (Å²) in [6.07, 6.45) is 5.20. The Balaban J connectivity index is 2.65. The Morgan fingerprint density at radius 1 is 1.93 bits per heavy atom. The number of aryl methyl sites for hydroxylation is 1. The van der Waals surface area contributed by atoms with E-state index in [-0.39, 0.29) is 6.42 Å². The van der Waals surface area contributed by atoms with E-state index >= 15 is 0 Å². The second-order valence-electron chi connectivity index (χ2n) is 2.74. The van der Waals surface area contributed by atoms with E-state index in [0.29, 0.717) is 5.13 Å². The lowest BCUT2D eigenvalue weighted by Crippen LogP contribution is -2.28. The van der Waals surface area contributed by atoms with Crippen molar-refractivity contribution in [1.82, 2.24) is 4.98 Å². The number of hydrogen-bond donors (Lipinski definition) is 2. The van der Waals surface area contributed by atoms with Crippen LogP contribution in [0.25, 0.3) is 0 Å². The minimum Gasteiger partial charge on any atom is -0.480 e. The number of anilines is 1. The monoisotopic (exact) mass is 210 g/mol. The van der Waals surface area contributed by atoms with Crippen molar-refractivity contribution in [3.63, 3.8) is 0 Å². The number of aromatic nitrogens is 1. The van der Waals surface area contributed by atoms with Gasteiger partial charge in [0.1, 0.15) is 6.04 Å². The molecule has 4 nitrogen and oxygen atoms in total. The molecule has 0 aliphatic heterocycles. The van der Waals surface area contributed by atoms with E-state index in [2.05, 4.69) is 16.2 Å². The van der Waals surface area contributed by atoms with Crippen molar-refractivity contribution in [3.05, 3.63) is 11.1 Å². The van der Waals surface area contributed by atoms with Gasteiger partial charge in [0.05, 0.1) is 5.69 Å². The average molecular weight is 210 g/mol. The zero-order chi connectivity index (χ0) is 10.6. The smallest absolute Gasteiger partial charge is 0.327 e. The molecule has 1 rings (SSSR count). The number of hydrogen-bond acceptors (Lipinski definition) is 4. The Labute approximate surface area is 86.0 Å². The molecule has 5 heteroatoms. The van der Waals surface area contributed by atoms with E-state index in [9.17, 15) is 4.79 Å². The Hall–Kier alpha value is -1.54. The maximum Gasteiger partial charge on any atom is 0.327 e. The summed E-state index contributed by atoms with van der Waals surface area (Å²) in [5.74, 6) is 1.35. The molecule has 1 unspecified atom stereocenters. The van der Waals surface area contributed by atoms with Gasteiger partial charge in [0, 0.05) is 11.8 Å². The molecule has 0 aromatic carbocycles. The van der Waals surface area contributed by atoms with Crippen LogP contribution < -0.4 is 5.32 Å². The van der Waals surface area contributed by atoms with Gasteiger partial charge in [-0.05, 0) is 6.92 Å². The molecule has 0 spiro atoms. The van der Waals surface area contributed by atoms with Gasteiger partial charge in [0.25, 0.3) is 0 Å². The third-order valence-corrected chi connectivity index (χ3v) is 2.43. The zero-order valence-corrected chi connectivity index (χ0v) is 8.47. The lowest BCUT2D eigenvalue weighted by Gasteiger charge is -2.09. The molecule has 1 atom stereocenters. The van der Waals surface area contributed by atoms with Gasteiger partial charge in [-0.15, -0.1) is 23.7 Å². The minimum absolute atomic E-state index is 0.147. The van der Waals surface area contributed by atoms with Gasteiger partial charge in [0.2, 0.25) is 0 Å². The number of rotatable bonds is 4. The summed E-state index contributed by atoms with van der Waals surface area (Å²) in [5, 5.41) is 14.0. The van der Waals surface area contributed by atoms with Gasteiger partial charge in [0.15, 0.2) is 5.13 Å². The normalized spacial score (nSPS) is 11.7. The summed E-state index contributed by atoms with van der Waals surface area (Å²) in [6.45, 7) is 1.85. The van der Waals surface area contributed by atoms with Crippen LogP contribution in [0.5, 0.6) is 0 Å². The third-order valence-electron chi connectivity index (χ3n) is 1.54. The number of nitrogens with one attached hydrogen (secondary N) is 1. The predicted octanol–water partition coefficient (Wildman–Crippen LogP) is 1.34. The van der Waals surface area contributed by atoms with Crippen molar-refractivity contribution < 1.29 is 9.90 Å². The Bertz CT molecular complexity index is 367. The summed E-state index contributed by atoms with van der Waals surface area (Å²) < 4.78 is 0. The van der Waals surface area contributed by atoms with Crippen molar-refractivity contribution in [2.45, 2.75) is 19.4 Å². The quantitative estimate of drug-likeness (QED) is 0.736. The molecule has 14 heavy (non-hydrogen) atoms. The molecule has 1 aromatic heterocycles. The fourth-order valence-electron chi connectivity index (χ4n) is 0.887. The second kappa shape index (κ2) is 4.63. The van der Waals surface area contributed by atoms with Crippen molar-refractivity contribution >= 4 is 22.4 Å². The Kier molecular flexibility index (Phi) is 3.48. The number of carbonyl (C=O) groups is 1. The molecule has 0 saturated heterocycles. The van der Waals surface area contributed by atoms with Crippen LogP contribution in [0.4, 0.5) is 5.13 Å². The van der Waals surface area contributed by atoms with E-state index in [0.717, 1.165) is 5.69 Å². The fraction of sp³-hybridized carbons (Fsp3) is 0.333. The van der Waals surface area contributed by atoms with Crippen LogP contribution in [0.3, 0.4) is 0 Å². The molecule has 1 aromatic rings. The van der Waals surface area contributed by atoms with Gasteiger partial charge < -0.3 is 10.4 Å². The highest BCUT2D eigenvalue weighted by Gasteiger charge is 2.16. The van der Waals surface area contributed by atoms with Gasteiger partial charge in [-0.3, -0.25) is 0 Å². The molecule has 1 heterocycles. The molecule has 74 valence electrons. The maximum absolute atomic E-state index is 10.7. The van der Waals surface area contributed by atoms with Crippen LogP contribution in [-0.2, 0) is 4.79 Å². The standard InChI is InChI=1S/C9H10N2O2S/c1-3-4-7(8(12)13)11-9-10-6(2)5-14-9/h1,5,7H,4H2,2H3,(H,10,11)(H,12,13). The molecular formula is C9H10N2O2S. The first kappa shape index (κ1) is 10.5. The molecule has 0 saturated carbocycles. The number of nitrogens with zero attached hydrogens (tertiary/aromatic N) is 1.